The Morgan fingerprint density at radius 2 is 2.27 bits per heavy atom. The van der Waals surface area contributed by atoms with E-state index < -0.39 is 16.8 Å². The number of nitrogens with zero attached hydrogens (tertiary/aromatic N) is 1. The number of ether oxygens (including phenoxy) is 1. The minimum atomic E-state index is -0.572. The van der Waals surface area contributed by atoms with E-state index in [2.05, 4.69) is 20.9 Å². The summed E-state index contributed by atoms with van der Waals surface area (Å²) in [7, 11) is 1.52. The summed E-state index contributed by atoms with van der Waals surface area (Å²) in [5, 5.41) is 0. The molecule has 1 heterocycles. The Bertz CT molecular complexity index is 340. The van der Waals surface area contributed by atoms with Crippen molar-refractivity contribution in [3.05, 3.63) is 29.6 Å². The standard InChI is InChI=1S/C10H13BrN2O2/c1-6-3-4-7(13-5-6)9(15-2)8(11)10(12)14/h3-5,8-9H,1-2H3,(H2,12,14). The number of nitrogens with two attached hydrogens (primary N) is 1. The lowest BCUT2D eigenvalue weighted by atomic mass is 10.1. The molecule has 1 amide bonds. The quantitative estimate of drug-likeness (QED) is 0.841. The SMILES string of the molecule is COC(c1ccc(C)cn1)C(Br)C(N)=O. The lowest BCUT2D eigenvalue weighted by Gasteiger charge is -2.18. The van der Waals surface area contributed by atoms with Gasteiger partial charge < -0.3 is 10.5 Å². The predicted molar refractivity (Wildman–Crippen MR) is 60.6 cm³/mol. The van der Waals surface area contributed by atoms with E-state index in [9.17, 15) is 4.79 Å². The molecule has 0 aliphatic rings. The Kier molecular flexibility index (Phi) is 4.23. The van der Waals surface area contributed by atoms with Crippen LogP contribution < -0.4 is 5.73 Å². The first-order valence-corrected chi connectivity index (χ1v) is 5.36. The summed E-state index contributed by atoms with van der Waals surface area (Å²) in [5.74, 6) is -0.468. The first-order chi connectivity index (χ1) is 7.06. The van der Waals surface area contributed by atoms with Crippen LogP contribution in [0, 0.1) is 6.92 Å². The molecule has 1 rings (SSSR count). The summed E-state index contributed by atoms with van der Waals surface area (Å²) >= 11 is 3.18. The van der Waals surface area contributed by atoms with Gasteiger partial charge in [-0.05, 0) is 18.6 Å². The molecule has 0 aliphatic heterocycles. The van der Waals surface area contributed by atoms with Crippen LogP contribution in [0.15, 0.2) is 18.3 Å². The zero-order valence-electron chi connectivity index (χ0n) is 8.61. The third-order valence-electron chi connectivity index (χ3n) is 2.02. The maximum absolute atomic E-state index is 11.0. The third-order valence-corrected chi connectivity index (χ3v) is 2.95. The van der Waals surface area contributed by atoms with E-state index in [1.165, 1.54) is 7.11 Å². The molecule has 0 saturated carbocycles. The van der Waals surface area contributed by atoms with Gasteiger partial charge >= 0.3 is 0 Å². The summed E-state index contributed by atoms with van der Waals surface area (Å²) in [6.07, 6.45) is 1.27. The normalized spacial score (nSPS) is 14.6. The number of pyridine rings is 1. The molecule has 0 radical (unpaired) electrons. The van der Waals surface area contributed by atoms with Crippen LogP contribution in [-0.4, -0.2) is 22.8 Å². The molecule has 0 bridgehead atoms. The summed E-state index contributed by atoms with van der Waals surface area (Å²) in [4.78, 5) is 14.6. The number of carbonyl (C=O) groups excluding carboxylic acids is 1. The fourth-order valence-corrected chi connectivity index (χ4v) is 1.67. The Morgan fingerprint density at radius 1 is 1.60 bits per heavy atom. The number of rotatable bonds is 4. The van der Waals surface area contributed by atoms with Crippen molar-refractivity contribution in [1.29, 1.82) is 0 Å². The lowest BCUT2D eigenvalue weighted by molar-refractivity contribution is -0.119. The first-order valence-electron chi connectivity index (χ1n) is 4.45. The van der Waals surface area contributed by atoms with Crippen LogP contribution in [-0.2, 0) is 9.53 Å². The number of amides is 1. The molecule has 2 atom stereocenters. The predicted octanol–water partition coefficient (Wildman–Crippen LogP) is 1.33. The molecule has 0 saturated heterocycles. The van der Waals surface area contributed by atoms with Crippen LogP contribution >= 0.6 is 15.9 Å². The minimum Gasteiger partial charge on any atom is -0.373 e. The lowest BCUT2D eigenvalue weighted by Crippen LogP contribution is -2.30. The molecule has 0 aliphatic carbocycles. The van der Waals surface area contributed by atoms with Gasteiger partial charge in [-0.3, -0.25) is 9.78 Å². The van der Waals surface area contributed by atoms with E-state index in [4.69, 9.17) is 10.5 Å². The second kappa shape index (κ2) is 5.23. The average Bonchev–Trinajstić information content (AvgIpc) is 2.21. The molecule has 2 N–H and O–H groups in total. The Balaban J connectivity index is 2.92. The van der Waals surface area contributed by atoms with Gasteiger partial charge in [-0.25, -0.2) is 0 Å². The van der Waals surface area contributed by atoms with E-state index >= 15 is 0 Å². The molecule has 0 aromatic carbocycles. The van der Waals surface area contributed by atoms with Gasteiger partial charge in [-0.2, -0.15) is 0 Å². The number of alkyl halides is 1. The van der Waals surface area contributed by atoms with Gasteiger partial charge in [0.2, 0.25) is 5.91 Å². The van der Waals surface area contributed by atoms with Gasteiger partial charge in [0.1, 0.15) is 10.9 Å². The maximum atomic E-state index is 11.0. The van der Waals surface area contributed by atoms with Gasteiger partial charge in [0, 0.05) is 13.3 Å². The number of halogens is 1. The highest BCUT2D eigenvalue weighted by atomic mass is 79.9. The average molecular weight is 273 g/mol. The van der Waals surface area contributed by atoms with E-state index in [0.29, 0.717) is 5.69 Å². The number of aryl methyl sites for hydroxylation is 1. The monoisotopic (exact) mass is 272 g/mol. The first kappa shape index (κ1) is 12.1. The fraction of sp³-hybridized carbons (Fsp3) is 0.400. The Labute approximate surface area is 97.0 Å². The highest BCUT2D eigenvalue weighted by molar-refractivity contribution is 9.10. The third kappa shape index (κ3) is 3.00. The van der Waals surface area contributed by atoms with Crippen molar-refractivity contribution < 1.29 is 9.53 Å². The van der Waals surface area contributed by atoms with Gasteiger partial charge in [0.15, 0.2) is 0 Å². The second-order valence-electron chi connectivity index (χ2n) is 3.22. The van der Waals surface area contributed by atoms with Gasteiger partial charge in [-0.15, -0.1) is 0 Å². The topological polar surface area (TPSA) is 65.2 Å². The smallest absolute Gasteiger partial charge is 0.234 e. The second-order valence-corrected chi connectivity index (χ2v) is 4.21. The number of methoxy groups -OCH3 is 1. The highest BCUT2D eigenvalue weighted by Gasteiger charge is 2.26. The summed E-state index contributed by atoms with van der Waals surface area (Å²) in [6.45, 7) is 1.94. The van der Waals surface area contributed by atoms with E-state index in [1.54, 1.807) is 6.20 Å². The molecule has 0 spiro atoms. The molecule has 4 nitrogen and oxygen atoms in total. The van der Waals surface area contributed by atoms with Crippen LogP contribution in [0.3, 0.4) is 0 Å². The highest BCUT2D eigenvalue weighted by Crippen LogP contribution is 2.24. The van der Waals surface area contributed by atoms with Crippen molar-refractivity contribution in [1.82, 2.24) is 4.98 Å². The molecule has 2 unspecified atom stereocenters. The molecule has 15 heavy (non-hydrogen) atoms. The molecule has 0 fully saturated rings. The summed E-state index contributed by atoms with van der Waals surface area (Å²) in [6, 6.07) is 3.73. The molecule has 5 heteroatoms. The van der Waals surface area contributed by atoms with Crippen LogP contribution in [0.2, 0.25) is 0 Å². The van der Waals surface area contributed by atoms with Gasteiger partial charge in [-0.1, -0.05) is 22.0 Å². The maximum Gasteiger partial charge on any atom is 0.234 e. The van der Waals surface area contributed by atoms with E-state index in [-0.39, 0.29) is 0 Å². The molecule has 1 aromatic heterocycles. The number of aromatic nitrogens is 1. The summed E-state index contributed by atoms with van der Waals surface area (Å²) < 4.78 is 5.19. The number of primary amides is 1. The zero-order valence-corrected chi connectivity index (χ0v) is 10.2. The van der Waals surface area contributed by atoms with Crippen molar-refractivity contribution >= 4 is 21.8 Å². The number of carbonyl (C=O) groups is 1. The van der Waals surface area contributed by atoms with Gasteiger partial charge in [0.25, 0.3) is 0 Å². The van der Waals surface area contributed by atoms with Crippen LogP contribution in [0.25, 0.3) is 0 Å². The minimum absolute atomic E-state index is 0.455. The van der Waals surface area contributed by atoms with Crippen LogP contribution in [0.4, 0.5) is 0 Å². The Morgan fingerprint density at radius 3 is 2.67 bits per heavy atom. The fourth-order valence-electron chi connectivity index (χ4n) is 1.19. The van der Waals surface area contributed by atoms with Crippen molar-refractivity contribution in [3.63, 3.8) is 0 Å². The largest absolute Gasteiger partial charge is 0.373 e. The van der Waals surface area contributed by atoms with Crippen molar-refractivity contribution in [2.45, 2.75) is 17.9 Å². The molecule has 1 aromatic rings. The number of hydrogen-bond donors (Lipinski definition) is 1. The van der Waals surface area contributed by atoms with Crippen molar-refractivity contribution in [2.24, 2.45) is 5.73 Å². The molecule has 82 valence electrons. The van der Waals surface area contributed by atoms with Gasteiger partial charge in [0.05, 0.1) is 5.69 Å². The number of hydrogen-bond acceptors (Lipinski definition) is 3. The Hall–Kier alpha value is -0.940. The summed E-state index contributed by atoms with van der Waals surface area (Å²) in [5.41, 5.74) is 6.92. The van der Waals surface area contributed by atoms with Crippen molar-refractivity contribution in [3.8, 4) is 0 Å². The van der Waals surface area contributed by atoms with E-state index in [1.807, 2.05) is 19.1 Å². The van der Waals surface area contributed by atoms with Crippen LogP contribution in [0.5, 0.6) is 0 Å². The molecular weight excluding hydrogens is 260 g/mol. The van der Waals surface area contributed by atoms with Crippen molar-refractivity contribution in [2.75, 3.05) is 7.11 Å². The zero-order chi connectivity index (χ0) is 11.4. The van der Waals surface area contributed by atoms with E-state index in [0.717, 1.165) is 5.56 Å². The molecular formula is C10H13BrN2O2. The van der Waals surface area contributed by atoms with Crippen LogP contribution in [0.1, 0.15) is 17.4 Å².